The van der Waals surface area contributed by atoms with Gasteiger partial charge in [-0.25, -0.2) is 0 Å². The van der Waals surface area contributed by atoms with Crippen molar-refractivity contribution in [1.82, 2.24) is 14.8 Å². The third-order valence-electron chi connectivity index (χ3n) is 5.32. The van der Waals surface area contributed by atoms with E-state index in [1.807, 2.05) is 0 Å². The van der Waals surface area contributed by atoms with Crippen molar-refractivity contribution in [3.63, 3.8) is 0 Å². The highest BCUT2D eigenvalue weighted by Gasteiger charge is 2.33. The summed E-state index contributed by atoms with van der Waals surface area (Å²) < 4.78 is 2.38. The van der Waals surface area contributed by atoms with Crippen LogP contribution in [-0.4, -0.2) is 41.7 Å². The minimum atomic E-state index is 0.744. The Hall–Kier alpha value is -1.32. The van der Waals surface area contributed by atoms with Gasteiger partial charge < -0.3 is 14.8 Å². The molecule has 0 saturated carbocycles. The van der Waals surface area contributed by atoms with Gasteiger partial charge in [0, 0.05) is 30.8 Å². The molecule has 1 unspecified atom stereocenters. The van der Waals surface area contributed by atoms with Crippen LogP contribution in [-0.2, 0) is 6.54 Å². The molecule has 3 aliphatic heterocycles. The van der Waals surface area contributed by atoms with Crippen LogP contribution in [0.15, 0.2) is 36.5 Å². The second kappa shape index (κ2) is 5.82. The summed E-state index contributed by atoms with van der Waals surface area (Å²) >= 11 is 0. The molecule has 0 radical (unpaired) electrons. The molecule has 0 spiro atoms. The van der Waals surface area contributed by atoms with Gasteiger partial charge in [0.2, 0.25) is 0 Å². The van der Waals surface area contributed by atoms with Crippen LogP contribution in [0.5, 0.6) is 0 Å². The predicted octanol–water partition coefficient (Wildman–Crippen LogP) is 2.72. The van der Waals surface area contributed by atoms with E-state index in [4.69, 9.17) is 0 Å². The van der Waals surface area contributed by atoms with E-state index in [0.29, 0.717) is 0 Å². The Morgan fingerprint density at radius 1 is 1.10 bits per heavy atom. The molecule has 5 rings (SSSR count). The summed E-state index contributed by atoms with van der Waals surface area (Å²) in [4.78, 5) is 2.62. The van der Waals surface area contributed by atoms with Crippen LogP contribution in [0.1, 0.15) is 19.3 Å². The minimum absolute atomic E-state index is 0.744. The molecule has 3 heteroatoms. The molecule has 1 aromatic carbocycles. The average molecular weight is 283 g/mol. The number of piperidine rings is 3. The fraction of sp³-hybridized carbons (Fsp3) is 0.556. The topological polar surface area (TPSA) is 20.2 Å². The van der Waals surface area contributed by atoms with Gasteiger partial charge in [-0.15, -0.1) is 0 Å². The highest BCUT2D eigenvalue weighted by Crippen LogP contribution is 2.27. The van der Waals surface area contributed by atoms with Crippen molar-refractivity contribution < 1.29 is 0 Å². The monoisotopic (exact) mass is 283 g/mol. The Kier molecular flexibility index (Phi) is 3.70. The lowest BCUT2D eigenvalue weighted by Gasteiger charge is -2.45. The van der Waals surface area contributed by atoms with Gasteiger partial charge in [-0.2, -0.15) is 0 Å². The standard InChI is InChI=1S/C18H25N3/c1-2-5-18-16(4-1)8-13-21(18)10-3-9-19-17-14-20-11-6-15(17)7-12-20/h1-2,4-5,8,13,15,17,19H,3,6-7,9-12,14H2. The zero-order valence-electron chi connectivity index (χ0n) is 12.7. The summed E-state index contributed by atoms with van der Waals surface area (Å²) in [6.45, 7) is 6.19. The zero-order chi connectivity index (χ0) is 14.1. The molecule has 3 aliphatic rings. The second-order valence-electron chi connectivity index (χ2n) is 6.62. The van der Waals surface area contributed by atoms with Crippen LogP contribution >= 0.6 is 0 Å². The van der Waals surface area contributed by atoms with Gasteiger partial charge in [-0.05, 0) is 62.3 Å². The number of rotatable bonds is 5. The fourth-order valence-corrected chi connectivity index (χ4v) is 4.07. The quantitative estimate of drug-likeness (QED) is 0.852. The van der Waals surface area contributed by atoms with Gasteiger partial charge in [0.15, 0.2) is 0 Å². The predicted molar refractivity (Wildman–Crippen MR) is 87.5 cm³/mol. The Morgan fingerprint density at radius 2 is 1.95 bits per heavy atom. The van der Waals surface area contributed by atoms with Crippen molar-refractivity contribution in [3.8, 4) is 0 Å². The van der Waals surface area contributed by atoms with Gasteiger partial charge in [-0.3, -0.25) is 0 Å². The third kappa shape index (κ3) is 2.72. The molecule has 3 nitrogen and oxygen atoms in total. The molecule has 3 saturated heterocycles. The van der Waals surface area contributed by atoms with Crippen LogP contribution in [0, 0.1) is 5.92 Å². The third-order valence-corrected chi connectivity index (χ3v) is 5.32. The minimum Gasteiger partial charge on any atom is -0.347 e. The maximum Gasteiger partial charge on any atom is 0.0480 e. The molecule has 21 heavy (non-hydrogen) atoms. The van der Waals surface area contributed by atoms with Crippen LogP contribution in [0.3, 0.4) is 0 Å². The molecule has 112 valence electrons. The summed E-state index contributed by atoms with van der Waals surface area (Å²) in [5.74, 6) is 0.933. The molecule has 2 bridgehead atoms. The van der Waals surface area contributed by atoms with Crippen LogP contribution in [0.25, 0.3) is 10.9 Å². The molecular weight excluding hydrogens is 258 g/mol. The number of nitrogens with zero attached hydrogens (tertiary/aromatic N) is 2. The van der Waals surface area contributed by atoms with Crippen molar-refractivity contribution in [2.24, 2.45) is 5.92 Å². The van der Waals surface area contributed by atoms with E-state index in [2.05, 4.69) is 51.3 Å². The van der Waals surface area contributed by atoms with E-state index >= 15 is 0 Å². The highest BCUT2D eigenvalue weighted by molar-refractivity contribution is 5.79. The number of aryl methyl sites for hydroxylation is 1. The second-order valence-corrected chi connectivity index (χ2v) is 6.62. The molecular formula is C18H25N3. The Balaban J connectivity index is 1.28. The van der Waals surface area contributed by atoms with Crippen LogP contribution in [0.4, 0.5) is 0 Å². The smallest absolute Gasteiger partial charge is 0.0480 e. The number of aromatic nitrogens is 1. The summed E-state index contributed by atoms with van der Waals surface area (Å²) in [5, 5.41) is 5.16. The first kappa shape index (κ1) is 13.4. The SMILES string of the molecule is c1ccc2c(c1)ccn2CCCNC1CN2CCC1CC2. The van der Waals surface area contributed by atoms with Crippen LogP contribution in [0.2, 0.25) is 0 Å². The normalized spacial score (nSPS) is 28.3. The fourth-order valence-electron chi connectivity index (χ4n) is 4.07. The molecule has 3 fully saturated rings. The van der Waals surface area contributed by atoms with Crippen molar-refractivity contribution >= 4 is 10.9 Å². The van der Waals surface area contributed by atoms with Crippen LogP contribution < -0.4 is 5.32 Å². The largest absolute Gasteiger partial charge is 0.347 e. The number of nitrogens with one attached hydrogen (secondary N) is 1. The van der Waals surface area contributed by atoms with E-state index in [0.717, 1.165) is 25.0 Å². The Bertz CT molecular complexity index is 595. The van der Waals surface area contributed by atoms with Crippen molar-refractivity contribution in [3.05, 3.63) is 36.5 Å². The molecule has 0 amide bonds. The highest BCUT2D eigenvalue weighted by atomic mass is 15.2. The van der Waals surface area contributed by atoms with Gasteiger partial charge >= 0.3 is 0 Å². The van der Waals surface area contributed by atoms with E-state index in [9.17, 15) is 0 Å². The van der Waals surface area contributed by atoms with E-state index in [-0.39, 0.29) is 0 Å². The van der Waals surface area contributed by atoms with Gasteiger partial charge in [-0.1, -0.05) is 18.2 Å². The Morgan fingerprint density at radius 3 is 2.76 bits per heavy atom. The maximum atomic E-state index is 3.81. The van der Waals surface area contributed by atoms with Crippen molar-refractivity contribution in [2.75, 3.05) is 26.2 Å². The van der Waals surface area contributed by atoms with Gasteiger partial charge in [0.05, 0.1) is 0 Å². The van der Waals surface area contributed by atoms with Crippen molar-refractivity contribution in [2.45, 2.75) is 31.8 Å². The molecule has 2 aromatic rings. The molecule has 1 N–H and O–H groups in total. The lowest BCUT2D eigenvalue weighted by molar-refractivity contribution is 0.0727. The summed E-state index contributed by atoms with van der Waals surface area (Å²) in [7, 11) is 0. The van der Waals surface area contributed by atoms with E-state index in [1.165, 1.54) is 49.8 Å². The zero-order valence-corrected chi connectivity index (χ0v) is 12.7. The van der Waals surface area contributed by atoms with Gasteiger partial charge in [0.25, 0.3) is 0 Å². The summed E-state index contributed by atoms with van der Waals surface area (Å²) in [6.07, 6.45) is 6.24. The number of benzene rings is 1. The summed E-state index contributed by atoms with van der Waals surface area (Å²) in [5.41, 5.74) is 1.36. The number of hydrogen-bond acceptors (Lipinski definition) is 2. The molecule has 1 atom stereocenters. The van der Waals surface area contributed by atoms with Gasteiger partial charge in [0.1, 0.15) is 0 Å². The first-order valence-electron chi connectivity index (χ1n) is 8.40. The van der Waals surface area contributed by atoms with E-state index in [1.54, 1.807) is 0 Å². The molecule has 4 heterocycles. The molecule has 0 aliphatic carbocycles. The van der Waals surface area contributed by atoms with Crippen molar-refractivity contribution in [1.29, 1.82) is 0 Å². The first-order chi connectivity index (χ1) is 10.4. The number of para-hydroxylation sites is 1. The number of fused-ring (bicyclic) bond motifs is 4. The summed E-state index contributed by atoms with van der Waals surface area (Å²) in [6, 6.07) is 11.6. The Labute approximate surface area is 126 Å². The first-order valence-corrected chi connectivity index (χ1v) is 8.40. The lowest BCUT2D eigenvalue weighted by atomic mass is 9.84. The van der Waals surface area contributed by atoms with E-state index < -0.39 is 0 Å². The lowest BCUT2D eigenvalue weighted by Crippen LogP contribution is -2.56. The average Bonchev–Trinajstić information content (AvgIpc) is 2.96. The maximum absolute atomic E-state index is 3.81. The number of hydrogen-bond donors (Lipinski definition) is 1. The molecule has 1 aromatic heterocycles.